The van der Waals surface area contributed by atoms with Crippen LogP contribution in [0.1, 0.15) is 20.8 Å². The van der Waals surface area contributed by atoms with Crippen LogP contribution in [0.3, 0.4) is 0 Å². The highest BCUT2D eigenvalue weighted by molar-refractivity contribution is 7.10. The minimum Gasteiger partial charge on any atom is -0.445 e. The van der Waals surface area contributed by atoms with Crippen molar-refractivity contribution in [2.75, 3.05) is 0 Å². The van der Waals surface area contributed by atoms with Crippen molar-refractivity contribution in [3.63, 3.8) is 0 Å². The first-order valence-corrected chi connectivity index (χ1v) is 14.5. The Bertz CT molecular complexity index is 710. The zero-order valence-corrected chi connectivity index (χ0v) is 18.7. The first-order chi connectivity index (χ1) is 13.2. The van der Waals surface area contributed by atoms with Gasteiger partial charge in [0.2, 0.25) is 0 Å². The maximum Gasteiger partial charge on any atom is 0.278 e. The molecule has 0 amide bonds. The highest BCUT2D eigenvalue weighted by Crippen LogP contribution is 2.26. The molecule has 3 rings (SSSR count). The van der Waals surface area contributed by atoms with Crippen LogP contribution in [0.5, 0.6) is 0 Å². The van der Waals surface area contributed by atoms with Crippen molar-refractivity contribution in [3.8, 4) is 0 Å². The third-order valence-electron chi connectivity index (χ3n) is 5.84. The largest absolute Gasteiger partial charge is 0.445 e. The Balaban J connectivity index is 2.32. The van der Waals surface area contributed by atoms with E-state index >= 15 is 0 Å². The van der Waals surface area contributed by atoms with E-state index in [0.29, 0.717) is 0 Å². The summed E-state index contributed by atoms with van der Waals surface area (Å²) in [6.07, 6.45) is 0. The molecule has 0 aliphatic carbocycles. The van der Waals surface area contributed by atoms with Gasteiger partial charge in [0.15, 0.2) is 8.32 Å². The molecule has 0 heterocycles. The lowest BCUT2D eigenvalue weighted by Crippen LogP contribution is -2.72. The van der Waals surface area contributed by atoms with Crippen molar-refractivity contribution >= 4 is 32.2 Å². The fourth-order valence-electron chi connectivity index (χ4n) is 3.99. The van der Waals surface area contributed by atoms with Crippen LogP contribution in [0.25, 0.3) is 0 Å². The Morgan fingerprint density at radius 1 is 0.519 bits per heavy atom. The molecule has 0 bridgehead atoms. The summed E-state index contributed by atoms with van der Waals surface area (Å²) >= 11 is 0. The molecule has 0 atom stereocenters. The number of benzene rings is 3. The first kappa shape index (κ1) is 19.8. The zero-order chi connectivity index (χ0) is 19.2. The van der Waals surface area contributed by atoms with Gasteiger partial charge >= 0.3 is 0 Å². The van der Waals surface area contributed by atoms with Gasteiger partial charge in [0.1, 0.15) is 0 Å². The topological polar surface area (TPSA) is 9.23 Å². The second-order valence-electron chi connectivity index (χ2n) is 7.12. The lowest BCUT2D eigenvalue weighted by molar-refractivity contribution is 0.550. The van der Waals surface area contributed by atoms with Crippen molar-refractivity contribution in [1.29, 1.82) is 0 Å². The molecule has 0 unspecified atom stereocenters. The van der Waals surface area contributed by atoms with Crippen LogP contribution in [0.2, 0.25) is 18.1 Å². The van der Waals surface area contributed by atoms with Crippen molar-refractivity contribution < 1.29 is 4.12 Å². The lowest BCUT2D eigenvalue weighted by atomic mass is 10.3. The fraction of sp³-hybridized carbons (Fsp3) is 0.250. The van der Waals surface area contributed by atoms with E-state index in [1.807, 2.05) is 0 Å². The Kier molecular flexibility index (Phi) is 6.48. The summed E-state index contributed by atoms with van der Waals surface area (Å²) in [5, 5.41) is 4.03. The Labute approximate surface area is 166 Å². The molecule has 0 spiro atoms. The Morgan fingerprint density at radius 2 is 0.815 bits per heavy atom. The summed E-state index contributed by atoms with van der Waals surface area (Å²) in [5.74, 6) is 0. The van der Waals surface area contributed by atoms with Crippen LogP contribution >= 0.6 is 0 Å². The Hall–Kier alpha value is -1.95. The maximum absolute atomic E-state index is 7.51. The van der Waals surface area contributed by atoms with Gasteiger partial charge < -0.3 is 4.12 Å². The summed E-state index contributed by atoms with van der Waals surface area (Å²) in [4.78, 5) is 0. The van der Waals surface area contributed by atoms with E-state index in [1.165, 1.54) is 15.6 Å². The average Bonchev–Trinajstić information content (AvgIpc) is 2.77. The minimum atomic E-state index is -2.56. The van der Waals surface area contributed by atoms with Gasteiger partial charge in [0.25, 0.3) is 8.32 Å². The van der Waals surface area contributed by atoms with Gasteiger partial charge in [-0.05, 0) is 33.7 Å². The second kappa shape index (κ2) is 8.83. The van der Waals surface area contributed by atoms with E-state index in [2.05, 4.69) is 112 Å². The van der Waals surface area contributed by atoms with Crippen molar-refractivity contribution in [1.82, 2.24) is 0 Å². The standard InChI is InChI=1S/C24H30OSi2/c1-4-26(5-2,6-3)25-27(22-16-10-7-11-17-22,23-18-12-8-13-19-23)24-20-14-9-15-21-24/h7-21H,4-6H2,1-3H3. The van der Waals surface area contributed by atoms with Gasteiger partial charge in [-0.25, -0.2) is 0 Å². The SMILES string of the molecule is CC[Si](CC)(CC)O[Si](c1ccccc1)(c1ccccc1)c1ccccc1. The quantitative estimate of drug-likeness (QED) is 0.401. The van der Waals surface area contributed by atoms with Crippen LogP contribution in [-0.4, -0.2) is 16.6 Å². The third kappa shape index (κ3) is 3.86. The summed E-state index contributed by atoms with van der Waals surface area (Å²) in [7, 11) is -4.40. The monoisotopic (exact) mass is 390 g/mol. The molecular weight excluding hydrogens is 360 g/mol. The molecule has 0 saturated carbocycles. The molecule has 0 saturated heterocycles. The molecule has 0 aliphatic rings. The van der Waals surface area contributed by atoms with Gasteiger partial charge in [-0.2, -0.15) is 0 Å². The van der Waals surface area contributed by atoms with Crippen molar-refractivity contribution in [2.45, 2.75) is 38.9 Å². The van der Waals surface area contributed by atoms with E-state index < -0.39 is 16.6 Å². The van der Waals surface area contributed by atoms with Gasteiger partial charge in [0.05, 0.1) is 0 Å². The molecule has 3 aromatic carbocycles. The molecule has 3 heteroatoms. The molecule has 1 nitrogen and oxygen atoms in total. The predicted octanol–water partition coefficient (Wildman–Crippen LogP) is 4.68. The van der Waals surface area contributed by atoms with Crippen LogP contribution in [0.15, 0.2) is 91.0 Å². The van der Waals surface area contributed by atoms with Crippen LogP contribution in [-0.2, 0) is 4.12 Å². The smallest absolute Gasteiger partial charge is 0.278 e. The molecular formula is C24H30OSi2. The molecule has 27 heavy (non-hydrogen) atoms. The number of hydrogen-bond donors (Lipinski definition) is 0. The molecule has 0 N–H and O–H groups in total. The molecule has 0 aromatic heterocycles. The van der Waals surface area contributed by atoms with E-state index in [0.717, 1.165) is 18.1 Å². The van der Waals surface area contributed by atoms with Gasteiger partial charge in [0, 0.05) is 0 Å². The van der Waals surface area contributed by atoms with Crippen molar-refractivity contribution in [2.24, 2.45) is 0 Å². The van der Waals surface area contributed by atoms with Crippen molar-refractivity contribution in [3.05, 3.63) is 91.0 Å². The number of rotatable bonds is 8. The minimum absolute atomic E-state index is 1.15. The molecule has 140 valence electrons. The summed E-state index contributed by atoms with van der Waals surface area (Å²) < 4.78 is 7.51. The average molecular weight is 391 g/mol. The lowest BCUT2D eigenvalue weighted by Gasteiger charge is -2.42. The van der Waals surface area contributed by atoms with Gasteiger partial charge in [-0.15, -0.1) is 0 Å². The van der Waals surface area contributed by atoms with Gasteiger partial charge in [-0.3, -0.25) is 0 Å². The first-order valence-electron chi connectivity index (χ1n) is 10.1. The van der Waals surface area contributed by atoms with E-state index in [4.69, 9.17) is 4.12 Å². The number of hydrogen-bond acceptors (Lipinski definition) is 1. The Morgan fingerprint density at radius 3 is 1.07 bits per heavy atom. The molecule has 3 aromatic rings. The third-order valence-corrected chi connectivity index (χ3v) is 16.1. The van der Waals surface area contributed by atoms with E-state index in [-0.39, 0.29) is 0 Å². The zero-order valence-electron chi connectivity index (χ0n) is 16.7. The second-order valence-corrected chi connectivity index (χ2v) is 15.5. The summed E-state index contributed by atoms with van der Waals surface area (Å²) in [6.45, 7) is 6.96. The highest BCUT2D eigenvalue weighted by atomic mass is 28.4. The molecule has 0 aliphatic heterocycles. The summed E-state index contributed by atoms with van der Waals surface area (Å²) in [6, 6.07) is 36.3. The van der Waals surface area contributed by atoms with Crippen LogP contribution in [0, 0.1) is 0 Å². The molecule has 0 radical (unpaired) electrons. The summed E-state index contributed by atoms with van der Waals surface area (Å²) in [5.41, 5.74) is 0. The maximum atomic E-state index is 7.51. The molecule has 0 fully saturated rings. The highest BCUT2D eigenvalue weighted by Gasteiger charge is 2.47. The van der Waals surface area contributed by atoms with E-state index in [9.17, 15) is 0 Å². The van der Waals surface area contributed by atoms with Gasteiger partial charge in [-0.1, -0.05) is 112 Å². The van der Waals surface area contributed by atoms with Crippen LogP contribution < -0.4 is 15.6 Å². The van der Waals surface area contributed by atoms with Crippen LogP contribution in [0.4, 0.5) is 0 Å². The van der Waals surface area contributed by atoms with E-state index in [1.54, 1.807) is 0 Å². The normalized spacial score (nSPS) is 12.1. The predicted molar refractivity (Wildman–Crippen MR) is 122 cm³/mol. The fourth-order valence-corrected chi connectivity index (χ4v) is 14.2.